The first-order chi connectivity index (χ1) is 7.47. The molecule has 2 unspecified atom stereocenters. The minimum absolute atomic E-state index is 0.0581. The molecule has 4 heteroatoms. The highest BCUT2D eigenvalue weighted by Gasteiger charge is 2.20. The first kappa shape index (κ1) is 14.9. The Morgan fingerprint density at radius 2 is 1.81 bits per heavy atom. The monoisotopic (exact) mass is 230 g/mol. The third-order valence-corrected chi connectivity index (χ3v) is 2.79. The van der Waals surface area contributed by atoms with Gasteiger partial charge < -0.3 is 10.2 Å². The maximum atomic E-state index is 10.9. The van der Waals surface area contributed by atoms with Crippen LogP contribution in [0.3, 0.4) is 0 Å². The number of aliphatic carboxylic acids is 2. The Morgan fingerprint density at radius 1 is 1.19 bits per heavy atom. The molecular weight excluding hydrogens is 208 g/mol. The van der Waals surface area contributed by atoms with E-state index in [1.54, 1.807) is 0 Å². The van der Waals surface area contributed by atoms with Crippen LogP contribution in [0, 0.1) is 11.8 Å². The van der Waals surface area contributed by atoms with Crippen LogP contribution in [0.4, 0.5) is 0 Å². The molecule has 0 radical (unpaired) electrons. The van der Waals surface area contributed by atoms with Gasteiger partial charge in [-0.2, -0.15) is 0 Å². The summed E-state index contributed by atoms with van der Waals surface area (Å²) in [4.78, 5) is 21.3. The molecule has 2 N–H and O–H groups in total. The Morgan fingerprint density at radius 3 is 2.25 bits per heavy atom. The maximum Gasteiger partial charge on any atom is 0.306 e. The van der Waals surface area contributed by atoms with Gasteiger partial charge in [-0.3, -0.25) is 9.59 Å². The van der Waals surface area contributed by atoms with Gasteiger partial charge in [0.2, 0.25) is 0 Å². The zero-order chi connectivity index (χ0) is 12.6. The molecule has 0 aromatic carbocycles. The fourth-order valence-electron chi connectivity index (χ4n) is 1.80. The van der Waals surface area contributed by atoms with Crippen LogP contribution in [-0.4, -0.2) is 22.2 Å². The van der Waals surface area contributed by atoms with E-state index >= 15 is 0 Å². The first-order valence-electron chi connectivity index (χ1n) is 5.92. The van der Waals surface area contributed by atoms with Crippen LogP contribution in [0.5, 0.6) is 0 Å². The molecule has 0 saturated carbocycles. The van der Waals surface area contributed by atoms with Crippen LogP contribution in [0.2, 0.25) is 0 Å². The Hall–Kier alpha value is -1.06. The number of hydrogen-bond donors (Lipinski definition) is 2. The summed E-state index contributed by atoms with van der Waals surface area (Å²) in [6.45, 7) is 4.14. The molecule has 0 aliphatic heterocycles. The van der Waals surface area contributed by atoms with Crippen molar-refractivity contribution in [3.8, 4) is 0 Å². The highest BCUT2D eigenvalue weighted by Crippen LogP contribution is 2.21. The van der Waals surface area contributed by atoms with Crippen LogP contribution in [-0.2, 0) is 9.59 Å². The molecule has 94 valence electrons. The van der Waals surface area contributed by atoms with E-state index in [2.05, 4.69) is 6.92 Å². The largest absolute Gasteiger partial charge is 0.481 e. The summed E-state index contributed by atoms with van der Waals surface area (Å²) in [5.41, 5.74) is 0. The lowest BCUT2D eigenvalue weighted by Gasteiger charge is -2.16. The molecule has 0 fully saturated rings. The second-order valence-corrected chi connectivity index (χ2v) is 4.45. The van der Waals surface area contributed by atoms with Gasteiger partial charge in [-0.05, 0) is 18.8 Å². The van der Waals surface area contributed by atoms with Crippen LogP contribution in [0.1, 0.15) is 52.4 Å². The standard InChI is InChI=1S/C12H22O4/c1-3-4-5-9(2)8-10(12(15)16)6-7-11(13)14/h9-10H,3-8H2,1-2H3,(H,13,14)(H,15,16). The quantitative estimate of drug-likeness (QED) is 0.638. The summed E-state index contributed by atoms with van der Waals surface area (Å²) in [5.74, 6) is -1.95. The third kappa shape index (κ3) is 7.26. The lowest BCUT2D eigenvalue weighted by atomic mass is 9.89. The number of carboxylic acid groups (broad SMARTS) is 2. The fourth-order valence-corrected chi connectivity index (χ4v) is 1.80. The summed E-state index contributed by atoms with van der Waals surface area (Å²) in [6.07, 6.45) is 4.00. The summed E-state index contributed by atoms with van der Waals surface area (Å²) < 4.78 is 0. The summed E-state index contributed by atoms with van der Waals surface area (Å²) in [7, 11) is 0. The number of carbonyl (C=O) groups is 2. The highest BCUT2D eigenvalue weighted by molar-refractivity contribution is 5.72. The van der Waals surface area contributed by atoms with Crippen LogP contribution < -0.4 is 0 Å². The van der Waals surface area contributed by atoms with E-state index in [-0.39, 0.29) is 12.8 Å². The minimum Gasteiger partial charge on any atom is -0.481 e. The van der Waals surface area contributed by atoms with Crippen molar-refractivity contribution < 1.29 is 19.8 Å². The molecule has 0 rings (SSSR count). The highest BCUT2D eigenvalue weighted by atomic mass is 16.4. The summed E-state index contributed by atoms with van der Waals surface area (Å²) >= 11 is 0. The van der Waals surface area contributed by atoms with Gasteiger partial charge in [0.1, 0.15) is 0 Å². The van der Waals surface area contributed by atoms with E-state index in [0.717, 1.165) is 19.3 Å². The normalized spacial score (nSPS) is 14.4. The third-order valence-electron chi connectivity index (χ3n) is 2.79. The number of unbranched alkanes of at least 4 members (excludes halogenated alkanes) is 1. The molecular formula is C12H22O4. The molecule has 0 aromatic rings. The van der Waals surface area contributed by atoms with Gasteiger partial charge in [-0.1, -0.05) is 33.1 Å². The Balaban J connectivity index is 4.01. The van der Waals surface area contributed by atoms with Crippen molar-refractivity contribution >= 4 is 11.9 Å². The molecule has 0 heterocycles. The van der Waals surface area contributed by atoms with Crippen molar-refractivity contribution in [3.63, 3.8) is 0 Å². The first-order valence-corrected chi connectivity index (χ1v) is 5.92. The Kier molecular flexibility index (Phi) is 7.60. The van der Waals surface area contributed by atoms with Crippen molar-refractivity contribution in [3.05, 3.63) is 0 Å². The molecule has 0 aromatic heterocycles. The average molecular weight is 230 g/mol. The van der Waals surface area contributed by atoms with Crippen molar-refractivity contribution in [2.75, 3.05) is 0 Å². The van der Waals surface area contributed by atoms with Crippen molar-refractivity contribution in [1.82, 2.24) is 0 Å². The van der Waals surface area contributed by atoms with E-state index in [9.17, 15) is 9.59 Å². The van der Waals surface area contributed by atoms with Crippen LogP contribution in [0.15, 0.2) is 0 Å². The molecule has 0 spiro atoms. The second-order valence-electron chi connectivity index (χ2n) is 4.45. The number of rotatable bonds is 9. The minimum atomic E-state index is -0.924. The Labute approximate surface area is 96.7 Å². The van der Waals surface area contributed by atoms with Gasteiger partial charge in [0, 0.05) is 6.42 Å². The van der Waals surface area contributed by atoms with Gasteiger partial charge in [-0.25, -0.2) is 0 Å². The van der Waals surface area contributed by atoms with E-state index in [4.69, 9.17) is 10.2 Å². The molecule has 0 aliphatic rings. The van der Waals surface area contributed by atoms with Crippen molar-refractivity contribution in [2.24, 2.45) is 11.8 Å². The molecule has 0 saturated heterocycles. The zero-order valence-electron chi connectivity index (χ0n) is 10.1. The zero-order valence-corrected chi connectivity index (χ0v) is 10.1. The number of hydrogen-bond acceptors (Lipinski definition) is 2. The van der Waals surface area contributed by atoms with Crippen molar-refractivity contribution in [1.29, 1.82) is 0 Å². The van der Waals surface area contributed by atoms with E-state index in [1.165, 1.54) is 0 Å². The predicted molar refractivity (Wildman–Crippen MR) is 61.3 cm³/mol. The smallest absolute Gasteiger partial charge is 0.306 e. The van der Waals surface area contributed by atoms with Crippen LogP contribution >= 0.6 is 0 Å². The summed E-state index contributed by atoms with van der Waals surface area (Å²) in [6, 6.07) is 0. The van der Waals surface area contributed by atoms with E-state index in [0.29, 0.717) is 12.3 Å². The molecule has 0 aliphatic carbocycles. The van der Waals surface area contributed by atoms with Crippen LogP contribution in [0.25, 0.3) is 0 Å². The predicted octanol–water partition coefficient (Wildman–Crippen LogP) is 2.77. The molecule has 0 amide bonds. The molecule has 2 atom stereocenters. The van der Waals surface area contributed by atoms with Gasteiger partial charge in [0.25, 0.3) is 0 Å². The lowest BCUT2D eigenvalue weighted by molar-refractivity contribution is -0.143. The van der Waals surface area contributed by atoms with Crippen molar-refractivity contribution in [2.45, 2.75) is 52.4 Å². The molecule has 16 heavy (non-hydrogen) atoms. The number of carboxylic acids is 2. The van der Waals surface area contributed by atoms with Gasteiger partial charge in [0.15, 0.2) is 0 Å². The lowest BCUT2D eigenvalue weighted by Crippen LogP contribution is -2.18. The van der Waals surface area contributed by atoms with Gasteiger partial charge >= 0.3 is 11.9 Å². The molecule has 0 bridgehead atoms. The summed E-state index contributed by atoms with van der Waals surface area (Å²) in [5, 5.41) is 17.5. The molecule has 4 nitrogen and oxygen atoms in total. The fraction of sp³-hybridized carbons (Fsp3) is 0.833. The maximum absolute atomic E-state index is 10.9. The van der Waals surface area contributed by atoms with E-state index < -0.39 is 17.9 Å². The average Bonchev–Trinajstić information content (AvgIpc) is 2.20. The van der Waals surface area contributed by atoms with E-state index in [1.807, 2.05) is 6.92 Å². The topological polar surface area (TPSA) is 74.6 Å². The van der Waals surface area contributed by atoms with Gasteiger partial charge in [0.05, 0.1) is 5.92 Å². The van der Waals surface area contributed by atoms with Gasteiger partial charge in [-0.15, -0.1) is 0 Å². The Bertz CT molecular complexity index is 225. The second kappa shape index (κ2) is 8.13. The SMILES string of the molecule is CCCCC(C)CC(CCC(=O)O)C(=O)O.